The molecule has 0 aliphatic heterocycles. The Bertz CT molecular complexity index is 714. The number of phenols is 1. The fourth-order valence-electron chi connectivity index (χ4n) is 2.69. The van der Waals surface area contributed by atoms with Crippen LogP contribution in [0.5, 0.6) is 11.5 Å². The smallest absolute Gasteiger partial charge is 0.335 e. The lowest BCUT2D eigenvalue weighted by molar-refractivity contribution is -0.196. The van der Waals surface area contributed by atoms with Gasteiger partial charge in [-0.25, -0.2) is 9.59 Å². The van der Waals surface area contributed by atoms with Crippen LogP contribution in [0.25, 0.3) is 6.08 Å². The largest absolute Gasteiger partial charge is 0.504 e. The molecule has 0 spiro atoms. The minimum Gasteiger partial charge on any atom is -0.504 e. The van der Waals surface area contributed by atoms with Crippen molar-refractivity contribution in [3.05, 3.63) is 29.8 Å². The molecule has 0 heterocycles. The molecule has 5 N–H and O–H groups in total. The first kappa shape index (κ1) is 19.7. The van der Waals surface area contributed by atoms with Crippen LogP contribution in [0.1, 0.15) is 18.4 Å². The van der Waals surface area contributed by atoms with Crippen molar-refractivity contribution in [3.8, 4) is 11.5 Å². The Labute approximate surface area is 148 Å². The number of rotatable bonds is 5. The first-order valence-electron chi connectivity index (χ1n) is 7.74. The number of carbonyl (C=O) groups is 2. The topological polar surface area (TPSA) is 154 Å². The number of aromatic hydroxyl groups is 1. The van der Waals surface area contributed by atoms with E-state index in [1.807, 2.05) is 0 Å². The van der Waals surface area contributed by atoms with Crippen molar-refractivity contribution in [2.75, 3.05) is 7.11 Å². The van der Waals surface area contributed by atoms with Crippen LogP contribution in [0.15, 0.2) is 24.3 Å². The molecule has 1 saturated carbocycles. The van der Waals surface area contributed by atoms with Gasteiger partial charge in [0.1, 0.15) is 12.2 Å². The molecule has 0 radical (unpaired) electrons. The summed E-state index contributed by atoms with van der Waals surface area (Å²) in [6.07, 6.45) is -3.17. The lowest BCUT2D eigenvalue weighted by Crippen LogP contribution is -2.57. The zero-order valence-electron chi connectivity index (χ0n) is 13.9. The zero-order valence-corrected chi connectivity index (χ0v) is 13.9. The van der Waals surface area contributed by atoms with Gasteiger partial charge in [0.25, 0.3) is 0 Å². The second kappa shape index (κ2) is 7.73. The van der Waals surface area contributed by atoms with E-state index in [2.05, 4.69) is 0 Å². The summed E-state index contributed by atoms with van der Waals surface area (Å²) in [6, 6.07) is 4.36. The number of phenolic OH excluding ortho intramolecular Hbond substituents is 1. The van der Waals surface area contributed by atoms with Gasteiger partial charge in [-0.1, -0.05) is 6.07 Å². The lowest BCUT2D eigenvalue weighted by atomic mass is 9.79. The van der Waals surface area contributed by atoms with Crippen molar-refractivity contribution in [1.29, 1.82) is 0 Å². The molecule has 1 aromatic carbocycles. The molecule has 1 fully saturated rings. The minimum absolute atomic E-state index is 0.0699. The van der Waals surface area contributed by atoms with Crippen LogP contribution in [0, 0.1) is 0 Å². The summed E-state index contributed by atoms with van der Waals surface area (Å²) >= 11 is 0. The maximum absolute atomic E-state index is 11.9. The molecule has 142 valence electrons. The highest BCUT2D eigenvalue weighted by Gasteiger charge is 2.50. The van der Waals surface area contributed by atoms with Crippen LogP contribution in [0.2, 0.25) is 0 Å². The van der Waals surface area contributed by atoms with Crippen molar-refractivity contribution < 1.29 is 44.6 Å². The van der Waals surface area contributed by atoms with Crippen molar-refractivity contribution in [3.63, 3.8) is 0 Å². The maximum Gasteiger partial charge on any atom is 0.335 e. The second-order valence-corrected chi connectivity index (χ2v) is 6.04. The van der Waals surface area contributed by atoms with E-state index in [0.29, 0.717) is 5.56 Å². The summed E-state index contributed by atoms with van der Waals surface area (Å²) in [5, 5.41) is 48.2. The predicted molar refractivity (Wildman–Crippen MR) is 87.4 cm³/mol. The molecule has 0 aromatic heterocycles. The third-order valence-corrected chi connectivity index (χ3v) is 4.14. The van der Waals surface area contributed by atoms with Gasteiger partial charge in [-0.3, -0.25) is 0 Å². The number of aliphatic hydroxyl groups excluding tert-OH is 2. The van der Waals surface area contributed by atoms with E-state index >= 15 is 0 Å². The zero-order chi connectivity index (χ0) is 19.5. The Kier molecular flexibility index (Phi) is 5.86. The van der Waals surface area contributed by atoms with E-state index < -0.39 is 48.7 Å². The number of methoxy groups -OCH3 is 1. The molecule has 0 amide bonds. The van der Waals surface area contributed by atoms with E-state index in [4.69, 9.17) is 14.6 Å². The third-order valence-electron chi connectivity index (χ3n) is 4.14. The highest BCUT2D eigenvalue weighted by molar-refractivity contribution is 5.87. The molecule has 9 nitrogen and oxygen atoms in total. The van der Waals surface area contributed by atoms with Gasteiger partial charge in [0.2, 0.25) is 0 Å². The van der Waals surface area contributed by atoms with Gasteiger partial charge in [0.15, 0.2) is 17.1 Å². The fourth-order valence-corrected chi connectivity index (χ4v) is 2.69. The Morgan fingerprint density at radius 3 is 2.58 bits per heavy atom. The molecule has 9 heteroatoms. The van der Waals surface area contributed by atoms with E-state index in [9.17, 15) is 30.0 Å². The van der Waals surface area contributed by atoms with Crippen LogP contribution in [0.3, 0.4) is 0 Å². The van der Waals surface area contributed by atoms with Gasteiger partial charge >= 0.3 is 11.9 Å². The Morgan fingerprint density at radius 1 is 1.27 bits per heavy atom. The number of hydrogen-bond donors (Lipinski definition) is 5. The van der Waals surface area contributed by atoms with Crippen LogP contribution in [-0.4, -0.2) is 68.5 Å². The molecule has 4 atom stereocenters. The van der Waals surface area contributed by atoms with Gasteiger partial charge in [0, 0.05) is 18.9 Å². The Hall–Kier alpha value is -2.62. The van der Waals surface area contributed by atoms with Crippen molar-refractivity contribution in [1.82, 2.24) is 0 Å². The number of carboxylic acid groups (broad SMARTS) is 1. The quantitative estimate of drug-likeness (QED) is 0.347. The van der Waals surface area contributed by atoms with Crippen molar-refractivity contribution >= 4 is 18.0 Å². The second-order valence-electron chi connectivity index (χ2n) is 6.04. The maximum atomic E-state index is 11.9. The summed E-state index contributed by atoms with van der Waals surface area (Å²) in [5.41, 5.74) is -1.78. The Morgan fingerprint density at radius 2 is 1.96 bits per heavy atom. The van der Waals surface area contributed by atoms with E-state index in [-0.39, 0.29) is 11.5 Å². The molecule has 26 heavy (non-hydrogen) atoms. The minimum atomic E-state index is -2.29. The standard InChI is InChI=1S/C17H20O9/c1-25-12-6-9(2-4-10(12)18)3-5-14(20)26-13-8-17(24,16(22)23)7-11(19)15(13)21/h2-6,11,13,15,18-19,21,24H,7-8H2,1H3,(H,22,23)/b5-3+/t11-,13-,15?,17?/m1/s1. The summed E-state index contributed by atoms with van der Waals surface area (Å²) < 4.78 is 9.92. The first-order chi connectivity index (χ1) is 12.2. The highest BCUT2D eigenvalue weighted by Crippen LogP contribution is 2.31. The summed E-state index contributed by atoms with van der Waals surface area (Å²) in [6.45, 7) is 0. The van der Waals surface area contributed by atoms with Crippen LogP contribution < -0.4 is 4.74 Å². The first-order valence-corrected chi connectivity index (χ1v) is 7.74. The number of benzene rings is 1. The number of hydrogen-bond acceptors (Lipinski definition) is 8. The van der Waals surface area contributed by atoms with Crippen LogP contribution in [-0.2, 0) is 14.3 Å². The third kappa shape index (κ3) is 4.31. The SMILES string of the molecule is COc1cc(/C=C/C(=O)O[C@@H]2CC(O)(C(=O)O)C[C@@H](O)C2O)ccc1O. The normalized spacial score (nSPS) is 28.7. The number of aliphatic carboxylic acids is 1. The van der Waals surface area contributed by atoms with Crippen LogP contribution >= 0.6 is 0 Å². The predicted octanol–water partition coefficient (Wildman–Crippen LogP) is -0.343. The summed E-state index contributed by atoms with van der Waals surface area (Å²) in [5.74, 6) is -2.34. The number of carboxylic acids is 1. The van der Waals surface area contributed by atoms with Gasteiger partial charge in [-0.2, -0.15) is 0 Å². The van der Waals surface area contributed by atoms with Crippen molar-refractivity contribution in [2.24, 2.45) is 0 Å². The van der Waals surface area contributed by atoms with Gasteiger partial charge in [-0.05, 0) is 23.8 Å². The number of esters is 1. The molecule has 2 unspecified atom stereocenters. The number of ether oxygens (including phenoxy) is 2. The fraction of sp³-hybridized carbons (Fsp3) is 0.412. The molecule has 2 rings (SSSR count). The molecular weight excluding hydrogens is 348 g/mol. The van der Waals surface area contributed by atoms with Crippen LogP contribution in [0.4, 0.5) is 0 Å². The average molecular weight is 368 g/mol. The monoisotopic (exact) mass is 368 g/mol. The van der Waals surface area contributed by atoms with E-state index in [1.54, 1.807) is 0 Å². The van der Waals surface area contributed by atoms with Crippen molar-refractivity contribution in [2.45, 2.75) is 36.8 Å². The highest BCUT2D eigenvalue weighted by atomic mass is 16.6. The van der Waals surface area contributed by atoms with Gasteiger partial charge < -0.3 is 35.0 Å². The number of aliphatic hydroxyl groups is 3. The molecule has 0 bridgehead atoms. The molecular formula is C17H20O9. The van der Waals surface area contributed by atoms with E-state index in [0.717, 1.165) is 6.08 Å². The Balaban J connectivity index is 2.07. The molecule has 1 aliphatic carbocycles. The lowest BCUT2D eigenvalue weighted by Gasteiger charge is -2.39. The van der Waals surface area contributed by atoms with Gasteiger partial charge in [-0.15, -0.1) is 0 Å². The summed E-state index contributed by atoms with van der Waals surface area (Å²) in [7, 11) is 1.37. The van der Waals surface area contributed by atoms with E-state index in [1.165, 1.54) is 31.4 Å². The number of carbonyl (C=O) groups excluding carboxylic acids is 1. The molecule has 1 aliphatic rings. The summed E-state index contributed by atoms with van der Waals surface area (Å²) in [4.78, 5) is 23.1. The van der Waals surface area contributed by atoms with Gasteiger partial charge in [0.05, 0.1) is 13.2 Å². The molecule has 1 aromatic rings. The molecule has 0 saturated heterocycles. The average Bonchev–Trinajstić information content (AvgIpc) is 2.58.